The van der Waals surface area contributed by atoms with Crippen LogP contribution in [0.3, 0.4) is 0 Å². The zero-order chi connectivity index (χ0) is 19.1. The lowest BCUT2D eigenvalue weighted by Gasteiger charge is -2.12. The van der Waals surface area contributed by atoms with E-state index in [1.807, 2.05) is 0 Å². The maximum atomic E-state index is 9.91. The van der Waals surface area contributed by atoms with Crippen LogP contribution in [-0.4, -0.2) is 37.5 Å². The minimum atomic E-state index is -0.363. The molecule has 26 heavy (non-hydrogen) atoms. The summed E-state index contributed by atoms with van der Waals surface area (Å²) in [5, 5.41) is 13.3. The number of ether oxygens (including phenoxy) is 1. The van der Waals surface area contributed by atoms with Gasteiger partial charge in [-0.3, -0.25) is 0 Å². The molecule has 2 N–H and O–H groups in total. The van der Waals surface area contributed by atoms with E-state index in [9.17, 15) is 5.11 Å². The van der Waals surface area contributed by atoms with E-state index in [4.69, 9.17) is 4.74 Å². The van der Waals surface area contributed by atoms with Crippen LogP contribution in [-0.2, 0) is 4.74 Å². The molecule has 0 aromatic rings. The monoisotopic (exact) mass is 371 g/mol. The summed E-state index contributed by atoms with van der Waals surface area (Å²) >= 11 is 0. The molecule has 0 radical (unpaired) electrons. The van der Waals surface area contributed by atoms with E-state index >= 15 is 0 Å². The fraction of sp³-hybridized carbons (Fsp3) is 1.00. The summed E-state index contributed by atoms with van der Waals surface area (Å²) < 4.78 is 5.59. The maximum Gasteiger partial charge on any atom is 0.0897 e. The molecule has 0 rings (SSSR count). The van der Waals surface area contributed by atoms with Crippen LogP contribution >= 0.6 is 0 Å². The van der Waals surface area contributed by atoms with Gasteiger partial charge in [0.05, 0.1) is 12.7 Å². The Morgan fingerprint density at radius 2 is 1.12 bits per heavy atom. The molecule has 0 spiro atoms. The second kappa shape index (κ2) is 22.9. The standard InChI is InChI=1S/C23H49NO2/c1-3-5-7-9-11-13-15-17-19-24-21-23(25)22-26-20-18-16-14-12-10-8-6-4-2/h23-25H,3-22H2,1-2H3. The first-order valence-corrected chi connectivity index (χ1v) is 11.8. The van der Waals surface area contributed by atoms with Gasteiger partial charge in [0.1, 0.15) is 0 Å². The summed E-state index contributed by atoms with van der Waals surface area (Å²) in [6.45, 7) is 7.47. The topological polar surface area (TPSA) is 41.5 Å². The highest BCUT2D eigenvalue weighted by Gasteiger charge is 2.03. The molecule has 0 fully saturated rings. The van der Waals surface area contributed by atoms with Crippen LogP contribution in [0.4, 0.5) is 0 Å². The molecule has 0 bridgehead atoms. The van der Waals surface area contributed by atoms with Crippen molar-refractivity contribution < 1.29 is 9.84 Å². The Morgan fingerprint density at radius 3 is 1.65 bits per heavy atom. The van der Waals surface area contributed by atoms with E-state index in [2.05, 4.69) is 19.2 Å². The zero-order valence-electron chi connectivity index (χ0n) is 18.1. The van der Waals surface area contributed by atoms with E-state index in [0.29, 0.717) is 13.2 Å². The minimum Gasteiger partial charge on any atom is -0.389 e. The Kier molecular flexibility index (Phi) is 22.8. The van der Waals surface area contributed by atoms with Crippen molar-refractivity contribution in [1.82, 2.24) is 5.32 Å². The smallest absolute Gasteiger partial charge is 0.0897 e. The highest BCUT2D eigenvalue weighted by Crippen LogP contribution is 2.09. The molecule has 3 nitrogen and oxygen atoms in total. The van der Waals surface area contributed by atoms with Gasteiger partial charge in [0.25, 0.3) is 0 Å². The lowest BCUT2D eigenvalue weighted by Crippen LogP contribution is -2.31. The first-order chi connectivity index (χ1) is 12.8. The largest absolute Gasteiger partial charge is 0.389 e. The van der Waals surface area contributed by atoms with Gasteiger partial charge in [-0.2, -0.15) is 0 Å². The molecule has 0 aliphatic heterocycles. The van der Waals surface area contributed by atoms with E-state index in [1.165, 1.54) is 96.3 Å². The van der Waals surface area contributed by atoms with Crippen molar-refractivity contribution in [3.8, 4) is 0 Å². The maximum absolute atomic E-state index is 9.91. The molecule has 3 heteroatoms. The highest BCUT2D eigenvalue weighted by atomic mass is 16.5. The molecule has 0 aromatic heterocycles. The Morgan fingerprint density at radius 1 is 0.654 bits per heavy atom. The molecule has 0 aliphatic carbocycles. The molecule has 0 saturated heterocycles. The fourth-order valence-corrected chi connectivity index (χ4v) is 3.27. The first-order valence-electron chi connectivity index (χ1n) is 11.8. The SMILES string of the molecule is CCCCCCCCCCNCC(O)COCCCCCCCCCC. The van der Waals surface area contributed by atoms with Crippen molar-refractivity contribution in [2.24, 2.45) is 0 Å². The second-order valence-electron chi connectivity index (χ2n) is 7.88. The van der Waals surface area contributed by atoms with Gasteiger partial charge in [-0.25, -0.2) is 0 Å². The molecule has 0 saturated carbocycles. The van der Waals surface area contributed by atoms with Gasteiger partial charge in [-0.1, -0.05) is 104 Å². The molecule has 1 unspecified atom stereocenters. The number of hydrogen-bond acceptors (Lipinski definition) is 3. The summed E-state index contributed by atoms with van der Waals surface area (Å²) in [7, 11) is 0. The summed E-state index contributed by atoms with van der Waals surface area (Å²) in [5.74, 6) is 0. The van der Waals surface area contributed by atoms with Crippen LogP contribution in [0.25, 0.3) is 0 Å². The van der Waals surface area contributed by atoms with Crippen molar-refractivity contribution in [2.75, 3.05) is 26.3 Å². The third-order valence-electron chi connectivity index (χ3n) is 5.04. The Bertz CT molecular complexity index is 224. The third kappa shape index (κ3) is 21.9. The second-order valence-corrected chi connectivity index (χ2v) is 7.88. The lowest BCUT2D eigenvalue weighted by molar-refractivity contribution is 0.0355. The normalized spacial score (nSPS) is 12.6. The quantitative estimate of drug-likeness (QED) is 0.221. The summed E-state index contributed by atoms with van der Waals surface area (Å²) in [6.07, 6.45) is 21.0. The van der Waals surface area contributed by atoms with Crippen molar-refractivity contribution in [2.45, 2.75) is 123 Å². The van der Waals surface area contributed by atoms with Gasteiger partial charge >= 0.3 is 0 Å². The fourth-order valence-electron chi connectivity index (χ4n) is 3.27. The zero-order valence-corrected chi connectivity index (χ0v) is 18.1. The molecule has 0 aromatic carbocycles. The van der Waals surface area contributed by atoms with Gasteiger partial charge in [0.2, 0.25) is 0 Å². The predicted molar refractivity (Wildman–Crippen MR) is 115 cm³/mol. The van der Waals surface area contributed by atoms with Crippen molar-refractivity contribution in [3.63, 3.8) is 0 Å². The van der Waals surface area contributed by atoms with Gasteiger partial charge < -0.3 is 15.2 Å². The van der Waals surface area contributed by atoms with Crippen LogP contribution < -0.4 is 5.32 Å². The van der Waals surface area contributed by atoms with Gasteiger partial charge in [-0.05, 0) is 19.4 Å². The average molecular weight is 372 g/mol. The average Bonchev–Trinajstić information content (AvgIpc) is 2.64. The molecule has 158 valence electrons. The molecule has 1 atom stereocenters. The van der Waals surface area contributed by atoms with Gasteiger partial charge in [0.15, 0.2) is 0 Å². The lowest BCUT2D eigenvalue weighted by atomic mass is 10.1. The van der Waals surface area contributed by atoms with Crippen LogP contribution in [0.5, 0.6) is 0 Å². The predicted octanol–water partition coefficient (Wildman–Crippen LogP) is 6.23. The highest BCUT2D eigenvalue weighted by molar-refractivity contribution is 4.59. The Labute approximate surface area is 164 Å². The summed E-state index contributed by atoms with van der Waals surface area (Å²) in [5.41, 5.74) is 0. The van der Waals surface area contributed by atoms with Gasteiger partial charge in [-0.15, -0.1) is 0 Å². The van der Waals surface area contributed by atoms with E-state index < -0.39 is 0 Å². The van der Waals surface area contributed by atoms with Crippen LogP contribution in [0, 0.1) is 0 Å². The first kappa shape index (κ1) is 25.9. The number of rotatable bonds is 22. The molecular weight excluding hydrogens is 322 g/mol. The number of aliphatic hydroxyl groups is 1. The van der Waals surface area contributed by atoms with Crippen molar-refractivity contribution >= 4 is 0 Å². The summed E-state index contributed by atoms with van der Waals surface area (Å²) in [6, 6.07) is 0. The molecular formula is C23H49NO2. The van der Waals surface area contributed by atoms with Gasteiger partial charge in [0, 0.05) is 13.2 Å². The van der Waals surface area contributed by atoms with E-state index in [-0.39, 0.29) is 6.10 Å². The van der Waals surface area contributed by atoms with E-state index in [0.717, 1.165) is 19.6 Å². The Balaban J connectivity index is 3.12. The molecule has 0 heterocycles. The number of unbranched alkanes of at least 4 members (excludes halogenated alkanes) is 14. The van der Waals surface area contributed by atoms with Crippen LogP contribution in [0.2, 0.25) is 0 Å². The number of aliphatic hydroxyl groups excluding tert-OH is 1. The van der Waals surface area contributed by atoms with Crippen LogP contribution in [0.15, 0.2) is 0 Å². The molecule has 0 aliphatic rings. The van der Waals surface area contributed by atoms with E-state index in [1.54, 1.807) is 0 Å². The van der Waals surface area contributed by atoms with Crippen LogP contribution in [0.1, 0.15) is 117 Å². The Hall–Kier alpha value is -0.120. The number of nitrogens with one attached hydrogen (secondary N) is 1. The van der Waals surface area contributed by atoms with Crippen molar-refractivity contribution in [1.29, 1.82) is 0 Å². The minimum absolute atomic E-state index is 0.363. The third-order valence-corrected chi connectivity index (χ3v) is 5.04. The van der Waals surface area contributed by atoms with Crippen molar-refractivity contribution in [3.05, 3.63) is 0 Å². The molecule has 0 amide bonds. The number of hydrogen-bond donors (Lipinski definition) is 2. The summed E-state index contributed by atoms with van der Waals surface area (Å²) in [4.78, 5) is 0.